The van der Waals surface area contributed by atoms with Crippen molar-refractivity contribution in [3.05, 3.63) is 11.6 Å². The maximum absolute atomic E-state index is 8.68. The highest BCUT2D eigenvalue weighted by Crippen LogP contribution is 2.19. The molecule has 0 aromatic carbocycles. The summed E-state index contributed by atoms with van der Waals surface area (Å²) in [5.74, 6) is 0. The largest absolute Gasteiger partial charge is 0.392 e. The summed E-state index contributed by atoms with van der Waals surface area (Å²) in [5, 5.41) is 8.68. The quantitative estimate of drug-likeness (QED) is 0.571. The van der Waals surface area contributed by atoms with E-state index < -0.39 is 0 Å². The Balaban J connectivity index is 2.46. The van der Waals surface area contributed by atoms with Crippen molar-refractivity contribution in [2.45, 2.75) is 25.8 Å². The number of rotatable bonds is 1. The fourth-order valence-electron chi connectivity index (χ4n) is 1.49. The van der Waals surface area contributed by atoms with Crippen molar-refractivity contribution in [1.82, 2.24) is 4.90 Å². The van der Waals surface area contributed by atoms with E-state index in [9.17, 15) is 0 Å². The summed E-state index contributed by atoms with van der Waals surface area (Å²) in [6, 6.07) is 0.640. The molecule has 1 aliphatic rings. The molecule has 2 nitrogen and oxygen atoms in total. The third-order valence-corrected chi connectivity index (χ3v) is 2.48. The zero-order valence-electron chi connectivity index (χ0n) is 7.38. The zero-order valence-corrected chi connectivity index (χ0v) is 7.38. The monoisotopic (exact) mass is 155 g/mol. The predicted octanol–water partition coefficient (Wildman–Crippen LogP) is 1.02. The minimum absolute atomic E-state index is 0.200. The first-order valence-electron chi connectivity index (χ1n) is 4.23. The Hall–Kier alpha value is -0.340. The van der Waals surface area contributed by atoms with Gasteiger partial charge in [-0.1, -0.05) is 11.6 Å². The van der Waals surface area contributed by atoms with Gasteiger partial charge in [-0.05, 0) is 26.8 Å². The molecular weight excluding hydrogens is 138 g/mol. The second-order valence-corrected chi connectivity index (χ2v) is 3.33. The van der Waals surface area contributed by atoms with Gasteiger partial charge < -0.3 is 10.0 Å². The second-order valence-electron chi connectivity index (χ2n) is 3.33. The second kappa shape index (κ2) is 3.88. The lowest BCUT2D eigenvalue weighted by Gasteiger charge is -2.31. The average Bonchev–Trinajstić information content (AvgIpc) is 1.98. The molecule has 0 spiro atoms. The standard InChI is InChI=1S/C9H17NO/c1-8-7-9(4-6-11)3-5-10(8)2/h4,8,11H,3,5-7H2,1-2H3/b9-4+. The summed E-state index contributed by atoms with van der Waals surface area (Å²) in [6.45, 7) is 3.56. The van der Waals surface area contributed by atoms with E-state index >= 15 is 0 Å². The lowest BCUT2D eigenvalue weighted by molar-refractivity contribution is 0.230. The summed E-state index contributed by atoms with van der Waals surface area (Å²) in [4.78, 5) is 2.36. The van der Waals surface area contributed by atoms with Crippen molar-refractivity contribution in [3.8, 4) is 0 Å². The van der Waals surface area contributed by atoms with Crippen molar-refractivity contribution in [3.63, 3.8) is 0 Å². The van der Waals surface area contributed by atoms with Gasteiger partial charge in [0.2, 0.25) is 0 Å². The predicted molar refractivity (Wildman–Crippen MR) is 46.5 cm³/mol. The van der Waals surface area contributed by atoms with Crippen molar-refractivity contribution in [1.29, 1.82) is 0 Å². The Morgan fingerprint density at radius 2 is 2.45 bits per heavy atom. The minimum Gasteiger partial charge on any atom is -0.392 e. The van der Waals surface area contributed by atoms with Crippen LogP contribution < -0.4 is 0 Å². The maximum atomic E-state index is 8.68. The van der Waals surface area contributed by atoms with Gasteiger partial charge in [-0.3, -0.25) is 0 Å². The van der Waals surface area contributed by atoms with Crippen LogP contribution in [0.5, 0.6) is 0 Å². The normalized spacial score (nSPS) is 31.2. The van der Waals surface area contributed by atoms with E-state index in [0.29, 0.717) is 6.04 Å². The third-order valence-electron chi connectivity index (χ3n) is 2.48. The maximum Gasteiger partial charge on any atom is 0.0615 e. The first kappa shape index (κ1) is 8.75. The Kier molecular flexibility index (Phi) is 3.09. The van der Waals surface area contributed by atoms with Gasteiger partial charge in [0.25, 0.3) is 0 Å². The van der Waals surface area contributed by atoms with Crippen LogP contribution in [0.1, 0.15) is 19.8 Å². The van der Waals surface area contributed by atoms with Crippen LogP contribution in [0, 0.1) is 0 Å². The number of nitrogens with zero attached hydrogens (tertiary/aromatic N) is 1. The molecule has 1 heterocycles. The molecule has 1 saturated heterocycles. The molecule has 0 amide bonds. The minimum atomic E-state index is 0.200. The molecule has 1 aliphatic heterocycles. The van der Waals surface area contributed by atoms with E-state index in [4.69, 9.17) is 5.11 Å². The highest BCUT2D eigenvalue weighted by atomic mass is 16.2. The van der Waals surface area contributed by atoms with Crippen LogP contribution in [-0.2, 0) is 0 Å². The molecule has 0 aromatic heterocycles. The van der Waals surface area contributed by atoms with Crippen LogP contribution >= 0.6 is 0 Å². The van der Waals surface area contributed by atoms with E-state index in [-0.39, 0.29) is 6.61 Å². The van der Waals surface area contributed by atoms with Crippen LogP contribution in [0.25, 0.3) is 0 Å². The number of aliphatic hydroxyl groups excluding tert-OH is 1. The number of aliphatic hydroxyl groups is 1. The molecule has 0 bridgehead atoms. The molecule has 1 atom stereocenters. The zero-order chi connectivity index (χ0) is 8.27. The smallest absolute Gasteiger partial charge is 0.0615 e. The topological polar surface area (TPSA) is 23.5 Å². The molecule has 2 heteroatoms. The van der Waals surface area contributed by atoms with Crippen LogP contribution in [0.4, 0.5) is 0 Å². The van der Waals surface area contributed by atoms with E-state index in [1.807, 2.05) is 6.08 Å². The molecule has 0 aliphatic carbocycles. The molecule has 1 unspecified atom stereocenters. The van der Waals surface area contributed by atoms with E-state index in [1.165, 1.54) is 5.57 Å². The van der Waals surface area contributed by atoms with E-state index in [0.717, 1.165) is 19.4 Å². The van der Waals surface area contributed by atoms with Crippen LogP contribution in [-0.4, -0.2) is 36.2 Å². The van der Waals surface area contributed by atoms with Gasteiger partial charge in [0, 0.05) is 12.6 Å². The van der Waals surface area contributed by atoms with Gasteiger partial charge in [-0.15, -0.1) is 0 Å². The number of piperidine rings is 1. The van der Waals surface area contributed by atoms with Crippen molar-refractivity contribution in [2.75, 3.05) is 20.2 Å². The summed E-state index contributed by atoms with van der Waals surface area (Å²) < 4.78 is 0. The molecule has 1 fully saturated rings. The third kappa shape index (κ3) is 2.31. The summed E-state index contributed by atoms with van der Waals surface area (Å²) >= 11 is 0. The van der Waals surface area contributed by atoms with Crippen molar-refractivity contribution >= 4 is 0 Å². The van der Waals surface area contributed by atoms with E-state index in [2.05, 4.69) is 18.9 Å². The molecule has 0 aromatic rings. The van der Waals surface area contributed by atoms with Gasteiger partial charge in [0.15, 0.2) is 0 Å². The SMILES string of the molecule is CC1C/C(=C/CO)CCN1C. The molecule has 11 heavy (non-hydrogen) atoms. The van der Waals surface area contributed by atoms with E-state index in [1.54, 1.807) is 0 Å². The first-order chi connectivity index (χ1) is 5.24. The van der Waals surface area contributed by atoms with Crippen molar-refractivity contribution in [2.24, 2.45) is 0 Å². The Labute approximate surface area is 68.5 Å². The van der Waals surface area contributed by atoms with Gasteiger partial charge in [-0.2, -0.15) is 0 Å². The fourth-order valence-corrected chi connectivity index (χ4v) is 1.49. The van der Waals surface area contributed by atoms with Gasteiger partial charge in [0.05, 0.1) is 6.61 Å². The fraction of sp³-hybridized carbons (Fsp3) is 0.778. The molecule has 0 radical (unpaired) electrons. The molecule has 64 valence electrons. The van der Waals surface area contributed by atoms with Crippen molar-refractivity contribution < 1.29 is 5.11 Å². The Bertz CT molecular complexity index is 154. The number of hydrogen-bond acceptors (Lipinski definition) is 2. The van der Waals surface area contributed by atoms with Gasteiger partial charge >= 0.3 is 0 Å². The highest BCUT2D eigenvalue weighted by molar-refractivity contribution is 5.07. The summed E-state index contributed by atoms with van der Waals surface area (Å²) in [5.41, 5.74) is 1.41. The molecule has 1 rings (SSSR count). The Morgan fingerprint density at radius 3 is 3.00 bits per heavy atom. The molecule has 1 N–H and O–H groups in total. The molecular formula is C9H17NO. The molecule has 0 saturated carbocycles. The lowest BCUT2D eigenvalue weighted by Crippen LogP contribution is -2.34. The highest BCUT2D eigenvalue weighted by Gasteiger charge is 2.16. The number of hydrogen-bond donors (Lipinski definition) is 1. The average molecular weight is 155 g/mol. The summed E-state index contributed by atoms with van der Waals surface area (Å²) in [6.07, 6.45) is 4.20. The van der Waals surface area contributed by atoms with Gasteiger partial charge in [-0.25, -0.2) is 0 Å². The number of likely N-dealkylation sites (tertiary alicyclic amines) is 1. The first-order valence-corrected chi connectivity index (χ1v) is 4.23. The lowest BCUT2D eigenvalue weighted by atomic mass is 9.98. The van der Waals surface area contributed by atoms with Crippen LogP contribution in [0.3, 0.4) is 0 Å². The summed E-state index contributed by atoms with van der Waals surface area (Å²) in [7, 11) is 2.15. The van der Waals surface area contributed by atoms with Gasteiger partial charge in [0.1, 0.15) is 0 Å². The van der Waals surface area contributed by atoms with Crippen LogP contribution in [0.2, 0.25) is 0 Å². The Morgan fingerprint density at radius 1 is 1.73 bits per heavy atom. The van der Waals surface area contributed by atoms with Crippen LogP contribution in [0.15, 0.2) is 11.6 Å².